The molecule has 0 bridgehead atoms. The number of thioether (sulfide) groups is 1. The minimum absolute atomic E-state index is 0.329. The molecule has 0 amide bonds. The van der Waals surface area contributed by atoms with Crippen molar-refractivity contribution in [3.8, 4) is 0 Å². The van der Waals surface area contributed by atoms with Crippen molar-refractivity contribution in [2.24, 2.45) is 5.92 Å². The third kappa shape index (κ3) is 4.48. The van der Waals surface area contributed by atoms with E-state index in [-0.39, 0.29) is 0 Å². The van der Waals surface area contributed by atoms with Gasteiger partial charge in [-0.1, -0.05) is 0 Å². The second kappa shape index (κ2) is 7.45. The van der Waals surface area contributed by atoms with Crippen molar-refractivity contribution < 1.29 is 13.2 Å². The number of nitrogens with one attached hydrogen (secondary N) is 1. The van der Waals surface area contributed by atoms with Crippen molar-refractivity contribution in [2.75, 3.05) is 26.0 Å². The Morgan fingerprint density at radius 1 is 1.35 bits per heavy atom. The molecule has 0 unspecified atom stereocenters. The summed E-state index contributed by atoms with van der Waals surface area (Å²) in [7, 11) is -3.39. The molecule has 1 aliphatic rings. The molecule has 6 heteroatoms. The van der Waals surface area contributed by atoms with Gasteiger partial charge >= 0.3 is 0 Å². The van der Waals surface area contributed by atoms with Crippen molar-refractivity contribution in [2.45, 2.75) is 29.1 Å². The van der Waals surface area contributed by atoms with Crippen LogP contribution < -0.4 is 4.72 Å². The Hall–Kier alpha value is -0.560. The van der Waals surface area contributed by atoms with Gasteiger partial charge in [-0.15, -0.1) is 11.8 Å². The summed E-state index contributed by atoms with van der Waals surface area (Å²) >= 11 is 1.60. The summed E-state index contributed by atoms with van der Waals surface area (Å²) in [5.74, 6) is 0.477. The molecule has 0 radical (unpaired) electrons. The Balaban J connectivity index is 1.86. The monoisotopic (exact) mass is 315 g/mol. The number of ether oxygens (including phenoxy) is 1. The van der Waals surface area contributed by atoms with E-state index in [1.807, 2.05) is 18.4 Å². The predicted octanol–water partition coefficient (Wildman–Crippen LogP) is 2.50. The second-order valence-electron chi connectivity index (χ2n) is 4.95. The third-order valence-electron chi connectivity index (χ3n) is 3.47. The van der Waals surface area contributed by atoms with Gasteiger partial charge in [0.05, 0.1) is 4.90 Å². The zero-order chi connectivity index (χ0) is 14.4. The lowest BCUT2D eigenvalue weighted by Gasteiger charge is -2.21. The standard InChI is InChI=1S/C14H21NO3S2/c1-19-13-4-6-14(7-5-13)20(16,17)15-9-8-12-3-2-10-18-11-12/h4-7,12,15H,2-3,8-11H2,1H3/t12-/m1/s1. The lowest BCUT2D eigenvalue weighted by molar-refractivity contribution is 0.0523. The molecule has 20 heavy (non-hydrogen) atoms. The van der Waals surface area contributed by atoms with Gasteiger partial charge in [-0.3, -0.25) is 0 Å². The van der Waals surface area contributed by atoms with Crippen LogP contribution in [0.25, 0.3) is 0 Å². The first kappa shape index (κ1) is 15.8. The van der Waals surface area contributed by atoms with Crippen LogP contribution in [0.5, 0.6) is 0 Å². The van der Waals surface area contributed by atoms with Crippen molar-refractivity contribution in [3.05, 3.63) is 24.3 Å². The zero-order valence-electron chi connectivity index (χ0n) is 11.7. The molecule has 1 atom stereocenters. The van der Waals surface area contributed by atoms with Crippen LogP contribution in [-0.4, -0.2) is 34.4 Å². The number of hydrogen-bond donors (Lipinski definition) is 1. The van der Waals surface area contributed by atoms with Crippen molar-refractivity contribution in [3.63, 3.8) is 0 Å². The molecular weight excluding hydrogens is 294 g/mol. The van der Waals surface area contributed by atoms with Crippen LogP contribution in [0.4, 0.5) is 0 Å². The molecule has 1 heterocycles. The highest BCUT2D eigenvalue weighted by Crippen LogP contribution is 2.19. The molecule has 112 valence electrons. The lowest BCUT2D eigenvalue weighted by Crippen LogP contribution is -2.28. The topological polar surface area (TPSA) is 55.4 Å². The van der Waals surface area contributed by atoms with Crippen molar-refractivity contribution >= 4 is 21.8 Å². The van der Waals surface area contributed by atoms with Crippen molar-refractivity contribution in [1.82, 2.24) is 4.72 Å². The Labute approximate surface area is 125 Å². The van der Waals surface area contributed by atoms with Gasteiger partial charge in [-0.05, 0) is 55.7 Å². The maximum absolute atomic E-state index is 12.1. The highest BCUT2D eigenvalue weighted by Gasteiger charge is 2.17. The first-order chi connectivity index (χ1) is 9.62. The number of benzene rings is 1. The second-order valence-corrected chi connectivity index (χ2v) is 7.59. The summed E-state index contributed by atoms with van der Waals surface area (Å²) in [5.41, 5.74) is 0. The molecule has 1 aromatic carbocycles. The fourth-order valence-corrected chi connectivity index (χ4v) is 3.73. The van der Waals surface area contributed by atoms with E-state index in [0.29, 0.717) is 17.4 Å². The number of rotatable bonds is 6. The predicted molar refractivity (Wildman–Crippen MR) is 81.6 cm³/mol. The normalized spacial score (nSPS) is 19.9. The third-order valence-corrected chi connectivity index (χ3v) is 5.69. The molecule has 0 spiro atoms. The Morgan fingerprint density at radius 3 is 2.70 bits per heavy atom. The highest BCUT2D eigenvalue weighted by atomic mass is 32.2. The molecule has 0 saturated carbocycles. The number of hydrogen-bond acceptors (Lipinski definition) is 4. The quantitative estimate of drug-likeness (QED) is 0.820. The molecule has 2 rings (SSSR count). The smallest absolute Gasteiger partial charge is 0.240 e. The van der Waals surface area contributed by atoms with Gasteiger partial charge < -0.3 is 4.74 Å². The van der Waals surface area contributed by atoms with Crippen LogP contribution in [0.3, 0.4) is 0 Å². The molecule has 0 aromatic heterocycles. The van der Waals surface area contributed by atoms with E-state index in [1.54, 1.807) is 23.9 Å². The van der Waals surface area contributed by atoms with E-state index < -0.39 is 10.0 Å². The number of sulfonamides is 1. The fourth-order valence-electron chi connectivity index (χ4n) is 2.27. The van der Waals surface area contributed by atoms with Crippen LogP contribution in [0.2, 0.25) is 0 Å². The van der Waals surface area contributed by atoms with E-state index in [4.69, 9.17) is 4.74 Å². The van der Waals surface area contributed by atoms with Crippen LogP contribution in [0.1, 0.15) is 19.3 Å². The molecule has 4 nitrogen and oxygen atoms in total. The molecule has 1 aromatic rings. The van der Waals surface area contributed by atoms with Crippen LogP contribution in [0.15, 0.2) is 34.1 Å². The maximum atomic E-state index is 12.1. The minimum Gasteiger partial charge on any atom is -0.381 e. The molecule has 1 N–H and O–H groups in total. The summed E-state index contributed by atoms with van der Waals surface area (Å²) in [6, 6.07) is 6.96. The Kier molecular flexibility index (Phi) is 5.89. The molecule has 1 saturated heterocycles. The van der Waals surface area contributed by atoms with Gasteiger partial charge in [0.15, 0.2) is 0 Å². The maximum Gasteiger partial charge on any atom is 0.240 e. The van der Waals surface area contributed by atoms with Gasteiger partial charge in [0.2, 0.25) is 10.0 Å². The lowest BCUT2D eigenvalue weighted by atomic mass is 9.99. The zero-order valence-corrected chi connectivity index (χ0v) is 13.3. The molecule has 1 aliphatic heterocycles. The largest absolute Gasteiger partial charge is 0.381 e. The van der Waals surface area contributed by atoms with Crippen LogP contribution in [-0.2, 0) is 14.8 Å². The van der Waals surface area contributed by atoms with Crippen LogP contribution >= 0.6 is 11.8 Å². The summed E-state index contributed by atoms with van der Waals surface area (Å²) in [5, 5.41) is 0. The SMILES string of the molecule is CSc1ccc(S(=O)(=O)NCC[C@H]2CCCOC2)cc1. The highest BCUT2D eigenvalue weighted by molar-refractivity contribution is 7.98. The van der Waals surface area contributed by atoms with E-state index >= 15 is 0 Å². The van der Waals surface area contributed by atoms with E-state index in [2.05, 4.69) is 4.72 Å². The molecule has 1 fully saturated rings. The van der Waals surface area contributed by atoms with Gasteiger partial charge in [0.1, 0.15) is 0 Å². The van der Waals surface area contributed by atoms with Gasteiger partial charge in [-0.25, -0.2) is 13.1 Å². The Morgan fingerprint density at radius 2 is 2.10 bits per heavy atom. The summed E-state index contributed by atoms with van der Waals surface area (Å²) < 4.78 is 32.3. The van der Waals surface area contributed by atoms with E-state index in [9.17, 15) is 8.42 Å². The summed E-state index contributed by atoms with van der Waals surface area (Å²) in [6.45, 7) is 2.06. The average molecular weight is 315 g/mol. The Bertz CT molecular complexity index is 508. The van der Waals surface area contributed by atoms with Gasteiger partial charge in [-0.2, -0.15) is 0 Å². The first-order valence-electron chi connectivity index (χ1n) is 6.83. The van der Waals surface area contributed by atoms with E-state index in [1.165, 1.54) is 0 Å². The molecule has 0 aliphatic carbocycles. The fraction of sp³-hybridized carbons (Fsp3) is 0.571. The van der Waals surface area contributed by atoms with Crippen LogP contribution in [0, 0.1) is 5.92 Å². The van der Waals surface area contributed by atoms with Crippen molar-refractivity contribution in [1.29, 1.82) is 0 Å². The average Bonchev–Trinajstić information content (AvgIpc) is 2.48. The van der Waals surface area contributed by atoms with E-state index in [0.717, 1.165) is 37.4 Å². The van der Waals surface area contributed by atoms with Gasteiger partial charge in [0.25, 0.3) is 0 Å². The summed E-state index contributed by atoms with van der Waals surface area (Å²) in [4.78, 5) is 1.39. The minimum atomic E-state index is -3.39. The molecular formula is C14H21NO3S2. The summed E-state index contributed by atoms with van der Waals surface area (Å²) in [6.07, 6.45) is 5.01. The van der Waals surface area contributed by atoms with Gasteiger partial charge in [0, 0.05) is 24.7 Å². The first-order valence-corrected chi connectivity index (χ1v) is 9.54.